The van der Waals surface area contributed by atoms with Gasteiger partial charge < -0.3 is 10.8 Å². The van der Waals surface area contributed by atoms with Gasteiger partial charge in [0.1, 0.15) is 0 Å². The number of anilines is 1. The third kappa shape index (κ3) is 2.20. The summed E-state index contributed by atoms with van der Waals surface area (Å²) in [7, 11) is 0. The zero-order valence-electron chi connectivity index (χ0n) is 10.4. The fourth-order valence-electron chi connectivity index (χ4n) is 2.03. The second kappa shape index (κ2) is 4.53. The van der Waals surface area contributed by atoms with E-state index in [4.69, 9.17) is 10.8 Å². The molecule has 2 rings (SSSR count). The van der Waals surface area contributed by atoms with E-state index in [-0.39, 0.29) is 0 Å². The number of nitrogens with two attached hydrogens (primary N) is 1. The minimum absolute atomic E-state index is 0.337. The predicted molar refractivity (Wildman–Crippen MR) is 72.7 cm³/mol. The van der Waals surface area contributed by atoms with Crippen molar-refractivity contribution in [1.82, 2.24) is 0 Å². The maximum absolute atomic E-state index is 11.1. The Balaban J connectivity index is 2.58. The second-order valence-electron chi connectivity index (χ2n) is 4.41. The predicted octanol–water partition coefficient (Wildman–Crippen LogP) is 3.25. The summed E-state index contributed by atoms with van der Waals surface area (Å²) >= 11 is 0. The Morgan fingerprint density at radius 2 is 1.78 bits per heavy atom. The third-order valence-corrected chi connectivity index (χ3v) is 3.03. The number of carboxylic acids is 1. The number of hydrogen-bond acceptors (Lipinski definition) is 2. The van der Waals surface area contributed by atoms with Crippen LogP contribution in [0.2, 0.25) is 0 Å². The Morgan fingerprint density at radius 1 is 1.06 bits per heavy atom. The molecule has 0 radical (unpaired) electrons. The fraction of sp³-hybridized carbons (Fsp3) is 0.133. The highest BCUT2D eigenvalue weighted by Crippen LogP contribution is 2.27. The second-order valence-corrected chi connectivity index (χ2v) is 4.41. The van der Waals surface area contributed by atoms with Crippen LogP contribution in [-0.4, -0.2) is 11.1 Å². The molecule has 0 heterocycles. The van der Waals surface area contributed by atoms with Gasteiger partial charge in [-0.3, -0.25) is 0 Å². The highest BCUT2D eigenvalue weighted by Gasteiger charge is 2.10. The van der Waals surface area contributed by atoms with Crippen molar-refractivity contribution in [3.63, 3.8) is 0 Å². The van der Waals surface area contributed by atoms with Crippen LogP contribution in [0.25, 0.3) is 11.1 Å². The highest BCUT2D eigenvalue weighted by molar-refractivity contribution is 5.91. The molecule has 0 aliphatic carbocycles. The number of rotatable bonds is 2. The first-order chi connectivity index (χ1) is 8.49. The molecule has 2 aromatic rings. The van der Waals surface area contributed by atoms with E-state index in [1.807, 2.05) is 37.3 Å². The van der Waals surface area contributed by atoms with E-state index >= 15 is 0 Å². The zero-order valence-corrected chi connectivity index (χ0v) is 10.4. The van der Waals surface area contributed by atoms with Gasteiger partial charge in [-0.1, -0.05) is 18.2 Å². The van der Waals surface area contributed by atoms with E-state index in [1.54, 1.807) is 13.0 Å². The number of aromatic carboxylic acids is 1. The standard InChI is InChI=1S/C15H15NO2/c1-9-3-4-11(8-14(9)15(17)18)13-6-5-12(16)7-10(13)2/h3-8H,16H2,1-2H3,(H,17,18). The molecule has 0 aliphatic rings. The first-order valence-corrected chi connectivity index (χ1v) is 5.69. The molecule has 3 N–H and O–H groups in total. The fourth-order valence-corrected chi connectivity index (χ4v) is 2.03. The maximum atomic E-state index is 11.1. The molecule has 3 heteroatoms. The highest BCUT2D eigenvalue weighted by atomic mass is 16.4. The average molecular weight is 241 g/mol. The normalized spacial score (nSPS) is 10.3. The van der Waals surface area contributed by atoms with Crippen LogP contribution in [0.15, 0.2) is 36.4 Å². The van der Waals surface area contributed by atoms with Gasteiger partial charge in [0.2, 0.25) is 0 Å². The summed E-state index contributed by atoms with van der Waals surface area (Å²) in [4.78, 5) is 11.1. The molecule has 3 nitrogen and oxygen atoms in total. The molecule has 0 aromatic heterocycles. The lowest BCUT2D eigenvalue weighted by Gasteiger charge is -2.09. The smallest absolute Gasteiger partial charge is 0.335 e. The van der Waals surface area contributed by atoms with Crippen molar-refractivity contribution in [3.8, 4) is 11.1 Å². The van der Waals surface area contributed by atoms with Gasteiger partial charge in [0, 0.05) is 5.69 Å². The summed E-state index contributed by atoms with van der Waals surface area (Å²) in [5.74, 6) is -0.901. The van der Waals surface area contributed by atoms with Crippen molar-refractivity contribution in [2.75, 3.05) is 5.73 Å². The molecule has 18 heavy (non-hydrogen) atoms. The quantitative estimate of drug-likeness (QED) is 0.793. The van der Waals surface area contributed by atoms with Crippen LogP contribution in [0.5, 0.6) is 0 Å². The van der Waals surface area contributed by atoms with Gasteiger partial charge in [0.25, 0.3) is 0 Å². The summed E-state index contributed by atoms with van der Waals surface area (Å²) in [5, 5.41) is 9.13. The third-order valence-electron chi connectivity index (χ3n) is 3.03. The van der Waals surface area contributed by atoms with Gasteiger partial charge in [-0.25, -0.2) is 4.79 Å². The van der Waals surface area contributed by atoms with E-state index in [9.17, 15) is 4.79 Å². The summed E-state index contributed by atoms with van der Waals surface area (Å²) in [6.07, 6.45) is 0. The first kappa shape index (κ1) is 12.2. The Hall–Kier alpha value is -2.29. The van der Waals surface area contributed by atoms with Crippen LogP contribution in [-0.2, 0) is 0 Å². The van der Waals surface area contributed by atoms with Crippen molar-refractivity contribution in [2.45, 2.75) is 13.8 Å². The molecular formula is C15H15NO2. The molecule has 0 amide bonds. The number of hydrogen-bond donors (Lipinski definition) is 2. The molecule has 0 saturated heterocycles. The lowest BCUT2D eigenvalue weighted by Crippen LogP contribution is -2.00. The monoisotopic (exact) mass is 241 g/mol. The molecule has 92 valence electrons. The lowest BCUT2D eigenvalue weighted by atomic mass is 9.96. The zero-order chi connectivity index (χ0) is 13.3. The van der Waals surface area contributed by atoms with Crippen LogP contribution < -0.4 is 5.73 Å². The minimum Gasteiger partial charge on any atom is -0.478 e. The summed E-state index contributed by atoms with van der Waals surface area (Å²) in [6.45, 7) is 3.76. The Labute approximate surface area is 106 Å². The van der Waals surface area contributed by atoms with Gasteiger partial charge in [-0.05, 0) is 54.3 Å². The maximum Gasteiger partial charge on any atom is 0.335 e. The van der Waals surface area contributed by atoms with Crippen molar-refractivity contribution in [1.29, 1.82) is 0 Å². The van der Waals surface area contributed by atoms with E-state index < -0.39 is 5.97 Å². The van der Waals surface area contributed by atoms with Crippen molar-refractivity contribution in [3.05, 3.63) is 53.1 Å². The van der Waals surface area contributed by atoms with Crippen LogP contribution in [0.3, 0.4) is 0 Å². The Morgan fingerprint density at radius 3 is 2.39 bits per heavy atom. The molecule has 0 atom stereocenters. The number of benzene rings is 2. The van der Waals surface area contributed by atoms with Crippen LogP contribution in [0.1, 0.15) is 21.5 Å². The van der Waals surface area contributed by atoms with E-state index in [2.05, 4.69) is 0 Å². The minimum atomic E-state index is -0.901. The molecule has 0 saturated carbocycles. The number of aryl methyl sites for hydroxylation is 2. The largest absolute Gasteiger partial charge is 0.478 e. The summed E-state index contributed by atoms with van der Waals surface area (Å²) in [6, 6.07) is 11.1. The van der Waals surface area contributed by atoms with Crippen molar-refractivity contribution >= 4 is 11.7 Å². The Bertz CT molecular complexity index is 618. The van der Waals surface area contributed by atoms with Gasteiger partial charge >= 0.3 is 5.97 Å². The SMILES string of the molecule is Cc1ccc(-c2ccc(N)cc2C)cc1C(=O)O. The number of carbonyl (C=O) groups is 1. The van der Waals surface area contributed by atoms with E-state index in [1.165, 1.54) is 0 Å². The van der Waals surface area contributed by atoms with E-state index in [0.29, 0.717) is 11.3 Å². The molecule has 0 unspecified atom stereocenters. The molecule has 0 aliphatic heterocycles. The van der Waals surface area contributed by atoms with E-state index in [0.717, 1.165) is 22.3 Å². The molecular weight excluding hydrogens is 226 g/mol. The van der Waals surface area contributed by atoms with Crippen molar-refractivity contribution < 1.29 is 9.90 Å². The van der Waals surface area contributed by atoms with Crippen LogP contribution >= 0.6 is 0 Å². The van der Waals surface area contributed by atoms with Crippen LogP contribution in [0, 0.1) is 13.8 Å². The lowest BCUT2D eigenvalue weighted by molar-refractivity contribution is 0.0696. The van der Waals surface area contributed by atoms with Gasteiger partial charge in [-0.15, -0.1) is 0 Å². The number of carboxylic acid groups (broad SMARTS) is 1. The first-order valence-electron chi connectivity index (χ1n) is 5.69. The average Bonchev–Trinajstić information content (AvgIpc) is 2.30. The molecule has 0 bridgehead atoms. The molecule has 0 fully saturated rings. The molecule has 2 aromatic carbocycles. The topological polar surface area (TPSA) is 63.3 Å². The van der Waals surface area contributed by atoms with Gasteiger partial charge in [-0.2, -0.15) is 0 Å². The molecule has 0 spiro atoms. The van der Waals surface area contributed by atoms with Gasteiger partial charge in [0.05, 0.1) is 5.56 Å². The van der Waals surface area contributed by atoms with Crippen molar-refractivity contribution in [2.24, 2.45) is 0 Å². The Kier molecular flexibility index (Phi) is 3.06. The summed E-state index contributed by atoms with van der Waals surface area (Å²) in [5.41, 5.74) is 10.5. The number of nitrogen functional groups attached to an aromatic ring is 1. The summed E-state index contributed by atoms with van der Waals surface area (Å²) < 4.78 is 0. The van der Waals surface area contributed by atoms with Crippen LogP contribution in [0.4, 0.5) is 5.69 Å². The van der Waals surface area contributed by atoms with Gasteiger partial charge in [0.15, 0.2) is 0 Å².